The zero-order valence-electron chi connectivity index (χ0n) is 11.0. The van der Waals surface area contributed by atoms with E-state index in [2.05, 4.69) is 10.3 Å². The monoisotopic (exact) mass is 334 g/mol. The van der Waals surface area contributed by atoms with Crippen molar-refractivity contribution >= 4 is 45.8 Å². The van der Waals surface area contributed by atoms with Gasteiger partial charge in [0.15, 0.2) is 5.58 Å². The van der Waals surface area contributed by atoms with E-state index in [-0.39, 0.29) is 16.2 Å². The molecule has 2 aromatic heterocycles. The third kappa shape index (κ3) is 2.81. The first kappa shape index (κ1) is 14.6. The average Bonchev–Trinajstić information content (AvgIpc) is 2.48. The molecule has 0 aliphatic rings. The molecule has 1 N–H and O–H groups in total. The molecule has 3 aromatic rings. The molecule has 0 atom stereocenters. The van der Waals surface area contributed by atoms with E-state index in [1.54, 1.807) is 18.2 Å². The fourth-order valence-corrected chi connectivity index (χ4v) is 2.50. The van der Waals surface area contributed by atoms with Gasteiger partial charge in [0.25, 0.3) is 5.91 Å². The number of nitrogens with one attached hydrogen (secondary N) is 1. The Morgan fingerprint density at radius 3 is 2.59 bits per heavy atom. The maximum Gasteiger partial charge on any atom is 0.349 e. The lowest BCUT2D eigenvalue weighted by Gasteiger charge is -2.05. The third-order valence-electron chi connectivity index (χ3n) is 2.93. The Morgan fingerprint density at radius 2 is 1.86 bits per heavy atom. The molecule has 22 heavy (non-hydrogen) atoms. The molecule has 0 aliphatic carbocycles. The summed E-state index contributed by atoms with van der Waals surface area (Å²) in [5, 5.41) is 3.65. The maximum atomic E-state index is 12.2. The van der Waals surface area contributed by atoms with Crippen LogP contribution in [0.1, 0.15) is 10.4 Å². The number of halogens is 2. The summed E-state index contributed by atoms with van der Waals surface area (Å²) in [6.45, 7) is 0. The largest absolute Gasteiger partial charge is 0.421 e. The molecule has 110 valence electrons. The van der Waals surface area contributed by atoms with Gasteiger partial charge in [0.2, 0.25) is 0 Å². The smallest absolute Gasteiger partial charge is 0.349 e. The topological polar surface area (TPSA) is 72.2 Å². The van der Waals surface area contributed by atoms with Crippen molar-refractivity contribution in [3.63, 3.8) is 0 Å². The fraction of sp³-hybridized carbons (Fsp3) is 0. The minimum absolute atomic E-state index is 0.136. The summed E-state index contributed by atoms with van der Waals surface area (Å²) in [6, 6.07) is 7.64. The molecule has 2 heterocycles. The first-order chi connectivity index (χ1) is 10.5. The van der Waals surface area contributed by atoms with Crippen LogP contribution in [-0.2, 0) is 0 Å². The van der Waals surface area contributed by atoms with E-state index in [9.17, 15) is 9.59 Å². The van der Waals surface area contributed by atoms with Gasteiger partial charge in [-0.2, -0.15) is 0 Å². The van der Waals surface area contributed by atoms with Gasteiger partial charge in [0, 0.05) is 28.5 Å². The SMILES string of the molecule is O=C(Nc1ccncc1)c1cc2cc(Cl)cc(Cl)c2oc1=O. The standard InChI is InChI=1S/C15H8Cl2N2O3/c16-9-5-8-6-11(15(21)22-13(8)12(17)7-9)14(20)19-10-1-3-18-4-2-10/h1-7H,(H,18,19,20). The van der Waals surface area contributed by atoms with E-state index in [0.717, 1.165) is 0 Å². The molecule has 0 aliphatic heterocycles. The second kappa shape index (κ2) is 5.79. The van der Waals surface area contributed by atoms with Crippen molar-refractivity contribution in [2.75, 3.05) is 5.32 Å². The number of hydrogen-bond acceptors (Lipinski definition) is 4. The van der Waals surface area contributed by atoms with Crippen LogP contribution in [0.15, 0.2) is 51.9 Å². The summed E-state index contributed by atoms with van der Waals surface area (Å²) in [5.74, 6) is -0.585. The number of anilines is 1. The molecule has 0 bridgehead atoms. The number of hydrogen-bond donors (Lipinski definition) is 1. The highest BCUT2D eigenvalue weighted by molar-refractivity contribution is 6.38. The van der Waals surface area contributed by atoms with E-state index < -0.39 is 11.5 Å². The number of carbonyl (C=O) groups is 1. The normalized spacial score (nSPS) is 10.6. The van der Waals surface area contributed by atoms with Gasteiger partial charge in [-0.25, -0.2) is 4.79 Å². The van der Waals surface area contributed by atoms with Crippen LogP contribution < -0.4 is 10.9 Å². The lowest BCUT2D eigenvalue weighted by atomic mass is 10.1. The number of nitrogens with zero attached hydrogens (tertiary/aromatic N) is 1. The van der Waals surface area contributed by atoms with Crippen molar-refractivity contribution in [1.82, 2.24) is 4.98 Å². The van der Waals surface area contributed by atoms with E-state index in [0.29, 0.717) is 16.1 Å². The van der Waals surface area contributed by atoms with Gasteiger partial charge >= 0.3 is 5.63 Å². The van der Waals surface area contributed by atoms with Crippen LogP contribution in [0.25, 0.3) is 11.0 Å². The lowest BCUT2D eigenvalue weighted by molar-refractivity contribution is 0.102. The zero-order valence-corrected chi connectivity index (χ0v) is 12.5. The number of pyridine rings is 1. The summed E-state index contributed by atoms with van der Waals surface area (Å²) < 4.78 is 5.12. The molecule has 0 spiro atoms. The van der Waals surface area contributed by atoms with Crippen molar-refractivity contribution < 1.29 is 9.21 Å². The van der Waals surface area contributed by atoms with Gasteiger partial charge in [0.05, 0.1) is 5.02 Å². The Hall–Kier alpha value is -2.37. The summed E-state index contributed by atoms with van der Waals surface area (Å²) in [7, 11) is 0. The van der Waals surface area contributed by atoms with Gasteiger partial charge in [-0.15, -0.1) is 0 Å². The molecule has 3 rings (SSSR count). The molecule has 0 fully saturated rings. The Morgan fingerprint density at radius 1 is 1.14 bits per heavy atom. The van der Waals surface area contributed by atoms with Crippen molar-refractivity contribution in [1.29, 1.82) is 0 Å². The zero-order chi connectivity index (χ0) is 15.7. The van der Waals surface area contributed by atoms with E-state index in [1.807, 2.05) is 0 Å². The maximum absolute atomic E-state index is 12.2. The highest BCUT2D eigenvalue weighted by Gasteiger charge is 2.15. The van der Waals surface area contributed by atoms with Gasteiger partial charge in [-0.3, -0.25) is 9.78 Å². The predicted octanol–water partition coefficient (Wildman–Crippen LogP) is 3.75. The van der Waals surface area contributed by atoms with Crippen molar-refractivity contribution in [3.05, 3.63) is 68.8 Å². The van der Waals surface area contributed by atoms with Crippen molar-refractivity contribution in [2.45, 2.75) is 0 Å². The number of aromatic nitrogens is 1. The molecular weight excluding hydrogens is 327 g/mol. The number of amides is 1. The summed E-state index contributed by atoms with van der Waals surface area (Å²) in [4.78, 5) is 28.0. The molecular formula is C15H8Cl2N2O3. The Labute approximate surface area is 134 Å². The van der Waals surface area contributed by atoms with Crippen LogP contribution in [0.2, 0.25) is 10.0 Å². The van der Waals surface area contributed by atoms with Crippen LogP contribution in [-0.4, -0.2) is 10.9 Å². The lowest BCUT2D eigenvalue weighted by Crippen LogP contribution is -2.20. The van der Waals surface area contributed by atoms with E-state index in [1.165, 1.54) is 24.5 Å². The highest BCUT2D eigenvalue weighted by Crippen LogP contribution is 2.27. The first-order valence-corrected chi connectivity index (χ1v) is 6.94. The van der Waals surface area contributed by atoms with Crippen molar-refractivity contribution in [3.8, 4) is 0 Å². The van der Waals surface area contributed by atoms with Gasteiger partial charge in [-0.1, -0.05) is 23.2 Å². The molecule has 1 aromatic carbocycles. The number of carbonyl (C=O) groups excluding carboxylic acids is 1. The van der Waals surface area contributed by atoms with Crippen LogP contribution in [0, 0.1) is 0 Å². The number of fused-ring (bicyclic) bond motifs is 1. The Balaban J connectivity index is 2.05. The predicted molar refractivity (Wildman–Crippen MR) is 84.7 cm³/mol. The second-order valence-electron chi connectivity index (χ2n) is 4.44. The third-order valence-corrected chi connectivity index (χ3v) is 3.43. The van der Waals surface area contributed by atoms with Crippen LogP contribution in [0.5, 0.6) is 0 Å². The average molecular weight is 335 g/mol. The molecule has 0 saturated carbocycles. The molecule has 0 unspecified atom stereocenters. The van der Waals surface area contributed by atoms with E-state index >= 15 is 0 Å². The van der Waals surface area contributed by atoms with Gasteiger partial charge in [0.1, 0.15) is 5.56 Å². The van der Waals surface area contributed by atoms with Gasteiger partial charge in [-0.05, 0) is 30.3 Å². The summed E-state index contributed by atoms with van der Waals surface area (Å²) >= 11 is 11.9. The number of rotatable bonds is 2. The highest BCUT2D eigenvalue weighted by atomic mass is 35.5. The minimum atomic E-state index is -0.775. The number of benzene rings is 1. The van der Waals surface area contributed by atoms with Crippen molar-refractivity contribution in [2.24, 2.45) is 0 Å². The minimum Gasteiger partial charge on any atom is -0.421 e. The molecule has 0 radical (unpaired) electrons. The van der Waals surface area contributed by atoms with E-state index in [4.69, 9.17) is 27.6 Å². The molecule has 0 saturated heterocycles. The summed E-state index contributed by atoms with van der Waals surface area (Å²) in [5.41, 5.74) is -0.203. The molecule has 1 amide bonds. The quantitative estimate of drug-likeness (QED) is 0.724. The first-order valence-electron chi connectivity index (χ1n) is 6.19. The Kier molecular flexibility index (Phi) is 3.83. The summed E-state index contributed by atoms with van der Waals surface area (Å²) in [6.07, 6.45) is 3.05. The molecule has 5 nitrogen and oxygen atoms in total. The van der Waals surface area contributed by atoms with Crippen LogP contribution in [0.3, 0.4) is 0 Å². The molecule has 7 heteroatoms. The Bertz CT molecular complexity index is 923. The fourth-order valence-electron chi connectivity index (χ4n) is 1.95. The van der Waals surface area contributed by atoms with Crippen LogP contribution >= 0.6 is 23.2 Å². The van der Waals surface area contributed by atoms with Gasteiger partial charge < -0.3 is 9.73 Å². The second-order valence-corrected chi connectivity index (χ2v) is 5.29. The van der Waals surface area contributed by atoms with Crippen LogP contribution in [0.4, 0.5) is 5.69 Å².